The lowest BCUT2D eigenvalue weighted by Crippen LogP contribution is -2.38. The average molecular weight is 352 g/mol. The lowest BCUT2D eigenvalue weighted by molar-refractivity contribution is 0.0747. The topological polar surface area (TPSA) is 83.6 Å². The summed E-state index contributed by atoms with van der Waals surface area (Å²) in [7, 11) is -1.44. The summed E-state index contributed by atoms with van der Waals surface area (Å²) in [4.78, 5) is 26.2. The second-order valence-corrected chi connectivity index (χ2v) is 8.89. The summed E-state index contributed by atoms with van der Waals surface area (Å²) in [5.41, 5.74) is 0.813. The largest absolute Gasteiger partial charge is 0.352 e. The number of nitrogens with one attached hydrogen (secondary N) is 1. The van der Waals surface area contributed by atoms with Crippen LogP contribution in [0.5, 0.6) is 0 Å². The second-order valence-electron chi connectivity index (χ2n) is 6.66. The molecule has 1 fully saturated rings. The third-order valence-electron chi connectivity index (χ3n) is 4.12. The Hall–Kier alpha value is -1.89. The van der Waals surface area contributed by atoms with Gasteiger partial charge in [0.1, 0.15) is 0 Å². The Kier molecular flexibility index (Phi) is 5.64. The number of amides is 2. The molecule has 6 nitrogen and oxygen atoms in total. The summed E-state index contributed by atoms with van der Waals surface area (Å²) in [6, 6.07) is 6.21. The Morgan fingerprint density at radius 3 is 2.54 bits per heavy atom. The van der Waals surface area contributed by atoms with Crippen LogP contribution >= 0.6 is 0 Å². The molecule has 1 aliphatic heterocycles. The first-order valence-corrected chi connectivity index (χ1v) is 9.87. The highest BCUT2D eigenvalue weighted by atomic mass is 32.2. The van der Waals surface area contributed by atoms with Crippen molar-refractivity contribution >= 4 is 21.7 Å². The number of hydrogen-bond donors (Lipinski definition) is 1. The molecule has 0 radical (unpaired) electrons. The van der Waals surface area contributed by atoms with Gasteiger partial charge in [0.2, 0.25) is 0 Å². The number of benzene rings is 1. The Morgan fingerprint density at radius 2 is 1.96 bits per heavy atom. The second kappa shape index (κ2) is 7.34. The van der Waals surface area contributed by atoms with Crippen LogP contribution in [-0.4, -0.2) is 56.3 Å². The fourth-order valence-electron chi connectivity index (χ4n) is 2.64. The number of sulfone groups is 1. The van der Waals surface area contributed by atoms with E-state index in [1.807, 2.05) is 13.8 Å². The number of carbonyl (C=O) groups excluding carboxylic acids is 2. The first-order chi connectivity index (χ1) is 11.2. The molecule has 2 rings (SSSR count). The SMILES string of the molecule is CC(C)CNC(=O)c1cccc(C(=O)N(C)C2CCS(=O)(=O)C2)c1. The lowest BCUT2D eigenvalue weighted by Gasteiger charge is -2.23. The van der Waals surface area contributed by atoms with Crippen molar-refractivity contribution in [2.45, 2.75) is 26.3 Å². The van der Waals surface area contributed by atoms with Crippen LogP contribution in [0.1, 0.15) is 41.0 Å². The van der Waals surface area contributed by atoms with E-state index in [1.165, 1.54) is 4.90 Å². The molecular weight excluding hydrogens is 328 g/mol. The summed E-state index contributed by atoms with van der Waals surface area (Å²) >= 11 is 0. The zero-order chi connectivity index (χ0) is 17.9. The van der Waals surface area contributed by atoms with Crippen LogP contribution in [0.25, 0.3) is 0 Å². The molecule has 7 heteroatoms. The normalized spacial score (nSPS) is 19.2. The fraction of sp³-hybridized carbons (Fsp3) is 0.529. The number of hydrogen-bond acceptors (Lipinski definition) is 4. The predicted octanol–water partition coefficient (Wildman–Crippen LogP) is 1.33. The van der Waals surface area contributed by atoms with Crippen LogP contribution < -0.4 is 5.32 Å². The Bertz CT molecular complexity index is 728. The molecule has 2 amide bonds. The zero-order valence-corrected chi connectivity index (χ0v) is 15.1. The van der Waals surface area contributed by atoms with E-state index in [2.05, 4.69) is 5.32 Å². The maximum absolute atomic E-state index is 12.6. The van der Waals surface area contributed by atoms with Crippen molar-refractivity contribution in [1.82, 2.24) is 10.2 Å². The van der Waals surface area contributed by atoms with Crippen LogP contribution in [0.4, 0.5) is 0 Å². The summed E-state index contributed by atoms with van der Waals surface area (Å²) in [5, 5.41) is 2.82. The summed E-state index contributed by atoms with van der Waals surface area (Å²) in [6.45, 7) is 4.58. The first kappa shape index (κ1) is 18.4. The minimum absolute atomic E-state index is 0.00378. The Labute approximate surface area is 143 Å². The van der Waals surface area contributed by atoms with Crippen molar-refractivity contribution in [3.63, 3.8) is 0 Å². The van der Waals surface area contributed by atoms with Gasteiger partial charge in [-0.3, -0.25) is 9.59 Å². The van der Waals surface area contributed by atoms with E-state index in [0.29, 0.717) is 30.0 Å². The van der Waals surface area contributed by atoms with Crippen molar-refractivity contribution in [2.24, 2.45) is 5.92 Å². The molecule has 24 heavy (non-hydrogen) atoms. The summed E-state index contributed by atoms with van der Waals surface area (Å²) in [6.07, 6.45) is 0.457. The van der Waals surface area contributed by atoms with Gasteiger partial charge in [-0.1, -0.05) is 19.9 Å². The maximum atomic E-state index is 12.6. The summed E-state index contributed by atoms with van der Waals surface area (Å²) in [5.74, 6) is -0.0224. The van der Waals surface area contributed by atoms with E-state index < -0.39 is 9.84 Å². The van der Waals surface area contributed by atoms with E-state index in [0.717, 1.165) is 0 Å². The van der Waals surface area contributed by atoms with Crippen molar-refractivity contribution in [1.29, 1.82) is 0 Å². The Balaban J connectivity index is 2.10. The van der Waals surface area contributed by atoms with Crippen molar-refractivity contribution in [3.05, 3.63) is 35.4 Å². The molecule has 0 spiro atoms. The molecule has 0 bridgehead atoms. The monoisotopic (exact) mass is 352 g/mol. The molecule has 1 unspecified atom stereocenters. The van der Waals surface area contributed by atoms with Gasteiger partial charge in [-0.05, 0) is 30.5 Å². The quantitative estimate of drug-likeness (QED) is 0.866. The maximum Gasteiger partial charge on any atom is 0.253 e. The third-order valence-corrected chi connectivity index (χ3v) is 5.87. The molecule has 0 saturated carbocycles. The van der Waals surface area contributed by atoms with Crippen molar-refractivity contribution in [2.75, 3.05) is 25.1 Å². The molecular formula is C17H24N2O4S. The Morgan fingerprint density at radius 1 is 1.29 bits per heavy atom. The molecule has 132 valence electrons. The molecule has 1 atom stereocenters. The van der Waals surface area contributed by atoms with Crippen molar-refractivity contribution < 1.29 is 18.0 Å². The smallest absolute Gasteiger partial charge is 0.253 e. The first-order valence-electron chi connectivity index (χ1n) is 8.05. The molecule has 1 saturated heterocycles. The van der Waals surface area contributed by atoms with Gasteiger partial charge in [-0.2, -0.15) is 0 Å². The number of rotatable bonds is 5. The van der Waals surface area contributed by atoms with E-state index in [-0.39, 0.29) is 29.4 Å². The molecule has 0 aromatic heterocycles. The number of carbonyl (C=O) groups is 2. The molecule has 1 N–H and O–H groups in total. The lowest BCUT2D eigenvalue weighted by atomic mass is 10.1. The van der Waals surface area contributed by atoms with Crippen LogP contribution in [0.3, 0.4) is 0 Å². The highest BCUT2D eigenvalue weighted by molar-refractivity contribution is 7.91. The van der Waals surface area contributed by atoms with Gasteiger partial charge < -0.3 is 10.2 Å². The van der Waals surface area contributed by atoms with Crippen molar-refractivity contribution in [3.8, 4) is 0 Å². The zero-order valence-electron chi connectivity index (χ0n) is 14.3. The van der Waals surface area contributed by atoms with E-state index in [9.17, 15) is 18.0 Å². The minimum Gasteiger partial charge on any atom is -0.352 e. The molecule has 1 heterocycles. The fourth-order valence-corrected chi connectivity index (χ4v) is 4.42. The van der Waals surface area contributed by atoms with Crippen LogP contribution in [0.15, 0.2) is 24.3 Å². The highest BCUT2D eigenvalue weighted by Crippen LogP contribution is 2.19. The standard InChI is InChI=1S/C17H24N2O4S/c1-12(2)10-18-16(20)13-5-4-6-14(9-13)17(21)19(3)15-7-8-24(22,23)11-15/h4-6,9,12,15H,7-8,10-11H2,1-3H3,(H,18,20). The van der Waals surface area contributed by atoms with Gasteiger partial charge in [0.25, 0.3) is 11.8 Å². The van der Waals surface area contributed by atoms with E-state index >= 15 is 0 Å². The van der Waals surface area contributed by atoms with Gasteiger partial charge >= 0.3 is 0 Å². The highest BCUT2D eigenvalue weighted by Gasteiger charge is 2.33. The number of nitrogens with zero attached hydrogens (tertiary/aromatic N) is 1. The average Bonchev–Trinajstić information content (AvgIpc) is 2.91. The van der Waals surface area contributed by atoms with Gasteiger partial charge in [-0.25, -0.2) is 8.42 Å². The minimum atomic E-state index is -3.05. The molecule has 1 aliphatic rings. The molecule has 1 aromatic carbocycles. The van der Waals surface area contributed by atoms with Gasteiger partial charge in [0.05, 0.1) is 11.5 Å². The third kappa shape index (κ3) is 4.56. The molecule has 1 aromatic rings. The van der Waals surface area contributed by atoms with Crippen LogP contribution in [0.2, 0.25) is 0 Å². The van der Waals surface area contributed by atoms with E-state index in [4.69, 9.17) is 0 Å². The van der Waals surface area contributed by atoms with Gasteiger partial charge in [0, 0.05) is 30.8 Å². The molecule has 0 aliphatic carbocycles. The predicted molar refractivity (Wildman–Crippen MR) is 92.8 cm³/mol. The van der Waals surface area contributed by atoms with Gasteiger partial charge in [-0.15, -0.1) is 0 Å². The summed E-state index contributed by atoms with van der Waals surface area (Å²) < 4.78 is 23.2. The van der Waals surface area contributed by atoms with Crippen LogP contribution in [-0.2, 0) is 9.84 Å². The van der Waals surface area contributed by atoms with Crippen LogP contribution in [0, 0.1) is 5.92 Å². The van der Waals surface area contributed by atoms with Gasteiger partial charge in [0.15, 0.2) is 9.84 Å². The van der Waals surface area contributed by atoms with E-state index in [1.54, 1.807) is 31.3 Å².